The van der Waals surface area contributed by atoms with Crippen LogP contribution in [0.2, 0.25) is 0 Å². The van der Waals surface area contributed by atoms with E-state index in [-0.39, 0.29) is 5.91 Å². The molecule has 0 aliphatic carbocycles. The molecule has 0 aliphatic rings. The zero-order valence-electron chi connectivity index (χ0n) is 13.9. The van der Waals surface area contributed by atoms with Gasteiger partial charge in [0.15, 0.2) is 6.10 Å². The lowest BCUT2D eigenvalue weighted by molar-refractivity contribution is -0.122. The van der Waals surface area contributed by atoms with Crippen molar-refractivity contribution in [3.05, 3.63) is 58.7 Å². The van der Waals surface area contributed by atoms with Crippen molar-refractivity contribution in [2.75, 3.05) is 5.32 Å². The highest BCUT2D eigenvalue weighted by Crippen LogP contribution is 2.20. The van der Waals surface area contributed by atoms with Crippen molar-refractivity contribution in [1.82, 2.24) is 0 Å². The molecule has 3 nitrogen and oxygen atoms in total. The Labute approximate surface area is 132 Å². The highest BCUT2D eigenvalue weighted by atomic mass is 16.5. The van der Waals surface area contributed by atoms with Crippen LogP contribution in [-0.4, -0.2) is 12.0 Å². The van der Waals surface area contributed by atoms with Gasteiger partial charge in [0, 0.05) is 5.69 Å². The lowest BCUT2D eigenvalue weighted by Gasteiger charge is -2.17. The summed E-state index contributed by atoms with van der Waals surface area (Å²) in [5, 5.41) is 2.93. The maximum atomic E-state index is 12.3. The number of carbonyl (C=O) groups is 1. The standard InChI is InChI=1S/C19H23NO2/c1-12-9-10-17(11-14(12)3)22-16(5)19(21)20-18-8-6-7-13(2)15(18)4/h6-11,16H,1-5H3,(H,20,21). The van der Waals surface area contributed by atoms with Crippen LogP contribution in [0.25, 0.3) is 0 Å². The third-order valence-corrected chi connectivity index (χ3v) is 4.02. The fourth-order valence-electron chi connectivity index (χ4n) is 2.17. The first-order chi connectivity index (χ1) is 10.4. The number of nitrogens with one attached hydrogen (secondary N) is 1. The molecule has 1 atom stereocenters. The third kappa shape index (κ3) is 3.67. The summed E-state index contributed by atoms with van der Waals surface area (Å²) in [6.07, 6.45) is -0.554. The molecule has 1 amide bonds. The van der Waals surface area contributed by atoms with Crippen molar-refractivity contribution in [3.8, 4) is 5.75 Å². The topological polar surface area (TPSA) is 38.3 Å². The van der Waals surface area contributed by atoms with Crippen molar-refractivity contribution in [2.24, 2.45) is 0 Å². The molecular weight excluding hydrogens is 274 g/mol. The Kier molecular flexibility index (Phi) is 4.86. The number of ether oxygens (including phenoxy) is 1. The number of amides is 1. The van der Waals surface area contributed by atoms with E-state index >= 15 is 0 Å². The molecule has 0 bridgehead atoms. The largest absolute Gasteiger partial charge is 0.481 e. The zero-order chi connectivity index (χ0) is 16.3. The second kappa shape index (κ2) is 6.65. The van der Waals surface area contributed by atoms with E-state index in [9.17, 15) is 4.79 Å². The Balaban J connectivity index is 2.06. The molecule has 116 valence electrons. The van der Waals surface area contributed by atoms with Crippen LogP contribution in [0.5, 0.6) is 5.75 Å². The van der Waals surface area contributed by atoms with Gasteiger partial charge >= 0.3 is 0 Å². The average Bonchev–Trinajstić information content (AvgIpc) is 2.47. The second-order valence-corrected chi connectivity index (χ2v) is 5.74. The number of aryl methyl sites for hydroxylation is 3. The summed E-state index contributed by atoms with van der Waals surface area (Å²) in [5.41, 5.74) is 5.43. The predicted octanol–water partition coefficient (Wildman–Crippen LogP) is 4.33. The maximum Gasteiger partial charge on any atom is 0.265 e. The molecule has 0 aromatic heterocycles. The number of anilines is 1. The van der Waals surface area contributed by atoms with Crippen LogP contribution >= 0.6 is 0 Å². The van der Waals surface area contributed by atoms with Gasteiger partial charge in [-0.25, -0.2) is 0 Å². The summed E-state index contributed by atoms with van der Waals surface area (Å²) in [6.45, 7) is 9.87. The molecule has 0 radical (unpaired) electrons. The quantitative estimate of drug-likeness (QED) is 0.912. The Morgan fingerprint density at radius 2 is 1.73 bits per heavy atom. The van der Waals surface area contributed by atoms with E-state index in [0.717, 1.165) is 22.4 Å². The highest BCUT2D eigenvalue weighted by molar-refractivity contribution is 5.94. The van der Waals surface area contributed by atoms with Gasteiger partial charge in [-0.3, -0.25) is 4.79 Å². The highest BCUT2D eigenvalue weighted by Gasteiger charge is 2.16. The smallest absolute Gasteiger partial charge is 0.265 e. The molecule has 0 aliphatic heterocycles. The minimum Gasteiger partial charge on any atom is -0.481 e. The second-order valence-electron chi connectivity index (χ2n) is 5.74. The van der Waals surface area contributed by atoms with Gasteiger partial charge in [-0.15, -0.1) is 0 Å². The molecule has 0 heterocycles. The molecule has 0 saturated carbocycles. The molecule has 3 heteroatoms. The van der Waals surface area contributed by atoms with Gasteiger partial charge in [0.1, 0.15) is 5.75 Å². The maximum absolute atomic E-state index is 12.3. The van der Waals surface area contributed by atoms with Crippen LogP contribution in [-0.2, 0) is 4.79 Å². The van der Waals surface area contributed by atoms with Crippen LogP contribution in [0, 0.1) is 27.7 Å². The first kappa shape index (κ1) is 16.1. The monoisotopic (exact) mass is 297 g/mol. The lowest BCUT2D eigenvalue weighted by atomic mass is 10.1. The molecule has 2 aromatic rings. The van der Waals surface area contributed by atoms with E-state index < -0.39 is 6.10 Å². The first-order valence-corrected chi connectivity index (χ1v) is 7.49. The minimum absolute atomic E-state index is 0.146. The Hall–Kier alpha value is -2.29. The molecule has 1 N–H and O–H groups in total. The normalized spacial score (nSPS) is 11.9. The molecule has 0 spiro atoms. The van der Waals surface area contributed by atoms with E-state index in [0.29, 0.717) is 5.75 Å². The summed E-state index contributed by atoms with van der Waals surface area (Å²) in [5.74, 6) is 0.568. The van der Waals surface area contributed by atoms with Crippen molar-refractivity contribution in [3.63, 3.8) is 0 Å². The van der Waals surface area contributed by atoms with Crippen molar-refractivity contribution >= 4 is 11.6 Å². The first-order valence-electron chi connectivity index (χ1n) is 7.49. The van der Waals surface area contributed by atoms with Gasteiger partial charge < -0.3 is 10.1 Å². The fourth-order valence-corrected chi connectivity index (χ4v) is 2.17. The fraction of sp³-hybridized carbons (Fsp3) is 0.316. The number of rotatable bonds is 4. The summed E-state index contributed by atoms with van der Waals surface area (Å²) < 4.78 is 5.74. The van der Waals surface area contributed by atoms with E-state index in [1.807, 2.05) is 57.2 Å². The Bertz CT molecular complexity index is 692. The zero-order valence-corrected chi connectivity index (χ0v) is 13.9. The van der Waals surface area contributed by atoms with Crippen LogP contribution in [0.15, 0.2) is 36.4 Å². The van der Waals surface area contributed by atoms with Crippen molar-refractivity contribution in [2.45, 2.75) is 40.7 Å². The number of hydrogen-bond donors (Lipinski definition) is 1. The van der Waals surface area contributed by atoms with Gasteiger partial charge in [0.05, 0.1) is 0 Å². The molecule has 0 fully saturated rings. The summed E-state index contributed by atoms with van der Waals surface area (Å²) in [7, 11) is 0. The number of carbonyl (C=O) groups excluding carboxylic acids is 1. The predicted molar refractivity (Wildman–Crippen MR) is 90.6 cm³/mol. The Morgan fingerprint density at radius 3 is 2.41 bits per heavy atom. The van der Waals surface area contributed by atoms with Gasteiger partial charge in [-0.1, -0.05) is 18.2 Å². The average molecular weight is 297 g/mol. The molecule has 2 rings (SSSR count). The van der Waals surface area contributed by atoms with Gasteiger partial charge in [-0.05, 0) is 75.1 Å². The van der Waals surface area contributed by atoms with Crippen LogP contribution in [0.4, 0.5) is 5.69 Å². The van der Waals surface area contributed by atoms with E-state index in [1.165, 1.54) is 5.56 Å². The Morgan fingerprint density at radius 1 is 1.00 bits per heavy atom. The van der Waals surface area contributed by atoms with E-state index in [1.54, 1.807) is 6.92 Å². The van der Waals surface area contributed by atoms with Gasteiger partial charge in [-0.2, -0.15) is 0 Å². The molecule has 0 saturated heterocycles. The lowest BCUT2D eigenvalue weighted by Crippen LogP contribution is -2.30. The third-order valence-electron chi connectivity index (χ3n) is 4.02. The summed E-state index contributed by atoms with van der Waals surface area (Å²) in [4.78, 5) is 12.3. The van der Waals surface area contributed by atoms with E-state index in [2.05, 4.69) is 12.2 Å². The molecule has 1 unspecified atom stereocenters. The molecule has 2 aromatic carbocycles. The van der Waals surface area contributed by atoms with Crippen molar-refractivity contribution in [1.29, 1.82) is 0 Å². The summed E-state index contributed by atoms with van der Waals surface area (Å²) >= 11 is 0. The van der Waals surface area contributed by atoms with Crippen LogP contribution in [0.1, 0.15) is 29.2 Å². The minimum atomic E-state index is -0.554. The van der Waals surface area contributed by atoms with Gasteiger partial charge in [0.25, 0.3) is 5.91 Å². The molecular formula is C19H23NO2. The van der Waals surface area contributed by atoms with Crippen LogP contribution < -0.4 is 10.1 Å². The van der Waals surface area contributed by atoms with E-state index in [4.69, 9.17) is 4.74 Å². The molecule has 22 heavy (non-hydrogen) atoms. The number of hydrogen-bond acceptors (Lipinski definition) is 2. The van der Waals surface area contributed by atoms with Crippen molar-refractivity contribution < 1.29 is 9.53 Å². The summed E-state index contributed by atoms with van der Waals surface area (Å²) in [6, 6.07) is 11.7. The number of benzene rings is 2. The van der Waals surface area contributed by atoms with Gasteiger partial charge in [0.2, 0.25) is 0 Å². The SMILES string of the molecule is Cc1ccc(OC(C)C(=O)Nc2cccc(C)c2C)cc1C. The van der Waals surface area contributed by atoms with Crippen LogP contribution in [0.3, 0.4) is 0 Å².